The van der Waals surface area contributed by atoms with Crippen molar-refractivity contribution >= 4 is 40.8 Å². The van der Waals surface area contributed by atoms with E-state index in [2.05, 4.69) is 20.6 Å². The van der Waals surface area contributed by atoms with Gasteiger partial charge >= 0.3 is 0 Å². The van der Waals surface area contributed by atoms with Gasteiger partial charge in [0.2, 0.25) is 0 Å². The predicted octanol–water partition coefficient (Wildman–Crippen LogP) is 3.88. The highest BCUT2D eigenvalue weighted by Gasteiger charge is 2.05. The molecule has 0 amide bonds. The molecule has 8 heteroatoms. The molecule has 28 heavy (non-hydrogen) atoms. The fourth-order valence-corrected chi connectivity index (χ4v) is 2.61. The number of aliphatic imine (C=N–C) groups is 1. The van der Waals surface area contributed by atoms with E-state index in [-0.39, 0.29) is 36.3 Å². The van der Waals surface area contributed by atoms with Crippen LogP contribution in [0.15, 0.2) is 59.7 Å². The second-order valence-electron chi connectivity index (χ2n) is 5.76. The number of para-hydroxylation sites is 1. The molecule has 1 aromatic heterocycles. The van der Waals surface area contributed by atoms with E-state index in [0.29, 0.717) is 19.0 Å². The Balaban J connectivity index is 0.00000280. The number of benzene rings is 2. The molecule has 0 aliphatic heterocycles. The lowest BCUT2D eigenvalue weighted by Crippen LogP contribution is -2.38. The number of fused-ring (bicyclic) bond motifs is 1. The molecule has 0 unspecified atom stereocenters. The van der Waals surface area contributed by atoms with Crippen molar-refractivity contribution in [3.8, 4) is 5.75 Å². The first-order valence-electron chi connectivity index (χ1n) is 8.52. The molecule has 0 saturated heterocycles. The summed E-state index contributed by atoms with van der Waals surface area (Å²) in [6.45, 7) is 1.33. The number of aromatic nitrogens is 1. The Morgan fingerprint density at radius 2 is 1.89 bits per heavy atom. The monoisotopic (exact) mass is 498 g/mol. The van der Waals surface area contributed by atoms with Gasteiger partial charge in [-0.3, -0.25) is 9.98 Å². The maximum absolute atomic E-state index is 13.1. The summed E-state index contributed by atoms with van der Waals surface area (Å²) in [7, 11) is 1.68. The summed E-state index contributed by atoms with van der Waals surface area (Å²) in [6, 6.07) is 13.4. The molecular formula is C20H21F2IN4O. The van der Waals surface area contributed by atoms with Crippen LogP contribution in [0, 0.1) is 11.6 Å². The molecular weight excluding hydrogens is 477 g/mol. The van der Waals surface area contributed by atoms with E-state index < -0.39 is 11.6 Å². The Morgan fingerprint density at radius 1 is 1.07 bits per heavy atom. The van der Waals surface area contributed by atoms with Crippen molar-refractivity contribution in [3.05, 3.63) is 71.9 Å². The van der Waals surface area contributed by atoms with Crippen molar-refractivity contribution in [2.45, 2.75) is 6.54 Å². The summed E-state index contributed by atoms with van der Waals surface area (Å²) in [6.07, 6.45) is 1.78. The quantitative estimate of drug-likeness (QED) is 0.235. The van der Waals surface area contributed by atoms with Crippen LogP contribution in [0.2, 0.25) is 0 Å². The lowest BCUT2D eigenvalue weighted by Gasteiger charge is -2.13. The molecule has 0 saturated carbocycles. The standard InChI is InChI=1S/C20H20F2N4O.HI/c1-23-20(25-10-11-27-15-6-7-17(21)18(22)12-15)26-13-14-8-9-24-19-5-3-2-4-16(14)19;/h2-9,12H,10-11,13H2,1H3,(H2,23,25,26);1H. The van der Waals surface area contributed by atoms with Gasteiger partial charge in [0.1, 0.15) is 12.4 Å². The molecule has 0 fully saturated rings. The first-order valence-corrected chi connectivity index (χ1v) is 8.52. The number of pyridine rings is 1. The Labute approximate surface area is 179 Å². The third-order valence-electron chi connectivity index (χ3n) is 3.96. The molecule has 5 nitrogen and oxygen atoms in total. The average Bonchev–Trinajstić information content (AvgIpc) is 2.70. The number of guanidine groups is 1. The number of nitrogens with zero attached hydrogens (tertiary/aromatic N) is 2. The van der Waals surface area contributed by atoms with E-state index in [1.54, 1.807) is 13.2 Å². The minimum atomic E-state index is -0.928. The van der Waals surface area contributed by atoms with Crippen LogP contribution in [0.25, 0.3) is 10.9 Å². The number of halogens is 3. The van der Waals surface area contributed by atoms with Gasteiger partial charge in [-0.2, -0.15) is 0 Å². The van der Waals surface area contributed by atoms with Crippen LogP contribution < -0.4 is 15.4 Å². The zero-order valence-electron chi connectivity index (χ0n) is 15.3. The van der Waals surface area contributed by atoms with Gasteiger partial charge in [-0.05, 0) is 29.8 Å². The van der Waals surface area contributed by atoms with E-state index >= 15 is 0 Å². The zero-order valence-corrected chi connectivity index (χ0v) is 17.6. The number of ether oxygens (including phenoxy) is 1. The van der Waals surface area contributed by atoms with Gasteiger partial charge in [0.05, 0.1) is 12.1 Å². The van der Waals surface area contributed by atoms with Gasteiger partial charge in [-0.1, -0.05) is 18.2 Å². The van der Waals surface area contributed by atoms with Crippen LogP contribution in [0.3, 0.4) is 0 Å². The van der Waals surface area contributed by atoms with Crippen molar-refractivity contribution in [3.63, 3.8) is 0 Å². The molecule has 148 valence electrons. The van der Waals surface area contributed by atoms with Gasteiger partial charge in [-0.25, -0.2) is 8.78 Å². The minimum Gasteiger partial charge on any atom is -0.492 e. The van der Waals surface area contributed by atoms with Crippen molar-refractivity contribution < 1.29 is 13.5 Å². The van der Waals surface area contributed by atoms with Gasteiger partial charge in [-0.15, -0.1) is 24.0 Å². The van der Waals surface area contributed by atoms with E-state index in [4.69, 9.17) is 4.74 Å². The second kappa shape index (κ2) is 10.7. The number of hydrogen-bond acceptors (Lipinski definition) is 3. The molecule has 2 aromatic carbocycles. The molecule has 2 N–H and O–H groups in total. The first kappa shape index (κ1) is 21.8. The number of nitrogens with one attached hydrogen (secondary N) is 2. The highest BCUT2D eigenvalue weighted by molar-refractivity contribution is 14.0. The summed E-state index contributed by atoms with van der Waals surface area (Å²) >= 11 is 0. The molecule has 3 aromatic rings. The molecule has 0 radical (unpaired) electrons. The van der Waals surface area contributed by atoms with Crippen LogP contribution in [-0.2, 0) is 6.54 Å². The maximum Gasteiger partial charge on any atom is 0.191 e. The lowest BCUT2D eigenvalue weighted by molar-refractivity contribution is 0.318. The molecule has 1 heterocycles. The van der Waals surface area contributed by atoms with Crippen LogP contribution in [0.1, 0.15) is 5.56 Å². The summed E-state index contributed by atoms with van der Waals surface area (Å²) in [5, 5.41) is 7.44. The zero-order chi connectivity index (χ0) is 19.1. The average molecular weight is 498 g/mol. The maximum atomic E-state index is 13.1. The van der Waals surface area contributed by atoms with Gasteiger partial charge in [0.25, 0.3) is 0 Å². The topological polar surface area (TPSA) is 58.5 Å². The van der Waals surface area contributed by atoms with Crippen LogP contribution >= 0.6 is 24.0 Å². The van der Waals surface area contributed by atoms with Gasteiger partial charge in [0.15, 0.2) is 17.6 Å². The normalized spacial score (nSPS) is 11.0. The molecule has 0 bridgehead atoms. The summed E-state index contributed by atoms with van der Waals surface area (Å²) in [5.41, 5.74) is 2.06. The third-order valence-corrected chi connectivity index (χ3v) is 3.96. The van der Waals surface area contributed by atoms with Crippen molar-refractivity contribution in [1.29, 1.82) is 0 Å². The third kappa shape index (κ3) is 5.75. The Morgan fingerprint density at radius 3 is 2.68 bits per heavy atom. The summed E-state index contributed by atoms with van der Waals surface area (Å²) < 4.78 is 31.4. The Bertz CT molecular complexity index is 947. The lowest BCUT2D eigenvalue weighted by atomic mass is 10.1. The predicted molar refractivity (Wildman–Crippen MR) is 117 cm³/mol. The highest BCUT2D eigenvalue weighted by atomic mass is 127. The first-order chi connectivity index (χ1) is 13.2. The van der Waals surface area contributed by atoms with E-state index in [9.17, 15) is 8.78 Å². The minimum absolute atomic E-state index is 0. The van der Waals surface area contributed by atoms with E-state index in [0.717, 1.165) is 28.6 Å². The smallest absolute Gasteiger partial charge is 0.191 e. The molecule has 0 spiro atoms. The van der Waals surface area contributed by atoms with E-state index in [1.165, 1.54) is 6.07 Å². The fourth-order valence-electron chi connectivity index (χ4n) is 2.61. The molecule has 0 aliphatic rings. The van der Waals surface area contributed by atoms with Gasteiger partial charge < -0.3 is 15.4 Å². The highest BCUT2D eigenvalue weighted by Crippen LogP contribution is 2.16. The van der Waals surface area contributed by atoms with Gasteiger partial charge in [0, 0.05) is 31.2 Å². The van der Waals surface area contributed by atoms with Crippen molar-refractivity contribution in [2.24, 2.45) is 4.99 Å². The summed E-state index contributed by atoms with van der Waals surface area (Å²) in [5.74, 6) is -0.928. The molecule has 0 aliphatic carbocycles. The van der Waals surface area contributed by atoms with Crippen LogP contribution in [0.5, 0.6) is 5.75 Å². The van der Waals surface area contributed by atoms with Crippen molar-refractivity contribution in [2.75, 3.05) is 20.2 Å². The fraction of sp³-hybridized carbons (Fsp3) is 0.200. The number of hydrogen-bond donors (Lipinski definition) is 2. The SMILES string of the molecule is CN=C(NCCOc1ccc(F)c(F)c1)NCc1ccnc2ccccc12.I. The van der Waals surface area contributed by atoms with Crippen molar-refractivity contribution in [1.82, 2.24) is 15.6 Å². The largest absolute Gasteiger partial charge is 0.492 e. The second-order valence-corrected chi connectivity index (χ2v) is 5.76. The van der Waals surface area contributed by atoms with E-state index in [1.807, 2.05) is 30.3 Å². The number of rotatable bonds is 6. The van der Waals surface area contributed by atoms with Crippen LogP contribution in [-0.4, -0.2) is 31.1 Å². The molecule has 3 rings (SSSR count). The Hall–Kier alpha value is -2.49. The van der Waals surface area contributed by atoms with Crippen LogP contribution in [0.4, 0.5) is 8.78 Å². The Kier molecular flexibility index (Phi) is 8.37. The summed E-state index contributed by atoms with van der Waals surface area (Å²) in [4.78, 5) is 8.52. The molecule has 0 atom stereocenters.